The van der Waals surface area contributed by atoms with E-state index in [0.29, 0.717) is 0 Å². The van der Waals surface area contributed by atoms with E-state index in [4.69, 9.17) is 8.83 Å². The van der Waals surface area contributed by atoms with Crippen LogP contribution in [0, 0.1) is 0 Å². The molecule has 0 atom stereocenters. The Kier molecular flexibility index (Phi) is 7.17. The van der Waals surface area contributed by atoms with Crippen LogP contribution in [0.3, 0.4) is 0 Å². The summed E-state index contributed by atoms with van der Waals surface area (Å²) in [4.78, 5) is 2.31. The van der Waals surface area contributed by atoms with E-state index >= 15 is 0 Å². The van der Waals surface area contributed by atoms with Crippen molar-refractivity contribution in [3.8, 4) is 33.4 Å². The van der Waals surface area contributed by atoms with E-state index in [2.05, 4.69) is 181 Å². The minimum absolute atomic E-state index is 0.894. The van der Waals surface area contributed by atoms with Crippen molar-refractivity contribution in [3.63, 3.8) is 0 Å². The van der Waals surface area contributed by atoms with Crippen molar-refractivity contribution in [1.29, 1.82) is 0 Å². The van der Waals surface area contributed by atoms with Gasteiger partial charge in [0.2, 0.25) is 0 Å². The molecule has 11 aromatic rings. The van der Waals surface area contributed by atoms with Gasteiger partial charge in [-0.05, 0) is 141 Å². The van der Waals surface area contributed by atoms with Gasteiger partial charge in [-0.3, -0.25) is 0 Å². The van der Waals surface area contributed by atoms with E-state index in [-0.39, 0.29) is 0 Å². The van der Waals surface area contributed by atoms with Crippen LogP contribution in [0.15, 0.2) is 209 Å². The lowest BCUT2D eigenvalue weighted by atomic mass is 9.91. The number of benzene rings is 9. The molecule has 0 aliphatic heterocycles. The molecule has 2 heterocycles. The number of hydrogen-bond acceptors (Lipinski definition) is 3. The normalized spacial score (nSPS) is 11.6. The Morgan fingerprint density at radius 2 is 0.673 bits per heavy atom. The molecule has 0 N–H and O–H groups in total. The van der Waals surface area contributed by atoms with Gasteiger partial charge in [-0.15, -0.1) is 0 Å². The van der Waals surface area contributed by atoms with Crippen LogP contribution < -0.4 is 4.90 Å². The second kappa shape index (κ2) is 12.6. The first-order valence-corrected chi connectivity index (χ1v) is 18.6. The fourth-order valence-electron chi connectivity index (χ4n) is 8.09. The van der Waals surface area contributed by atoms with Gasteiger partial charge >= 0.3 is 0 Å². The summed E-state index contributed by atoms with van der Waals surface area (Å²) in [5, 5.41) is 6.86. The molecule has 55 heavy (non-hydrogen) atoms. The first-order valence-electron chi connectivity index (χ1n) is 18.6. The van der Waals surface area contributed by atoms with Crippen molar-refractivity contribution >= 4 is 71.7 Å². The summed E-state index contributed by atoms with van der Waals surface area (Å²) in [7, 11) is 0. The van der Waals surface area contributed by atoms with Crippen LogP contribution in [-0.2, 0) is 0 Å². The van der Waals surface area contributed by atoms with Crippen LogP contribution in [0.1, 0.15) is 0 Å². The molecule has 0 aliphatic rings. The van der Waals surface area contributed by atoms with E-state index in [1.54, 1.807) is 0 Å². The Bertz CT molecular complexity index is 3040. The zero-order chi connectivity index (χ0) is 36.3. The fraction of sp³-hybridized carbons (Fsp3) is 0. The number of furan rings is 2. The summed E-state index contributed by atoms with van der Waals surface area (Å²) in [6.07, 6.45) is 0. The summed E-state index contributed by atoms with van der Waals surface area (Å²) >= 11 is 0. The zero-order valence-electron chi connectivity index (χ0n) is 29.8. The van der Waals surface area contributed by atoms with Gasteiger partial charge in [0.15, 0.2) is 0 Å². The minimum Gasteiger partial charge on any atom is -0.456 e. The highest BCUT2D eigenvalue weighted by Crippen LogP contribution is 2.40. The lowest BCUT2D eigenvalue weighted by Gasteiger charge is -2.25. The van der Waals surface area contributed by atoms with Crippen LogP contribution in [0.25, 0.3) is 88.0 Å². The molecule has 0 spiro atoms. The first kappa shape index (κ1) is 31.2. The van der Waals surface area contributed by atoms with Gasteiger partial charge in [0, 0.05) is 38.6 Å². The summed E-state index contributed by atoms with van der Waals surface area (Å²) in [6.45, 7) is 0. The molecular weight excluding hydrogens is 671 g/mol. The molecular formula is C52H33NO2. The van der Waals surface area contributed by atoms with Gasteiger partial charge in [0.05, 0.1) is 0 Å². The lowest BCUT2D eigenvalue weighted by Crippen LogP contribution is -2.09. The monoisotopic (exact) mass is 703 g/mol. The van der Waals surface area contributed by atoms with Crippen molar-refractivity contribution in [2.45, 2.75) is 0 Å². The predicted octanol–water partition coefficient (Wildman–Crippen LogP) is 15.1. The second-order valence-corrected chi connectivity index (χ2v) is 14.2. The van der Waals surface area contributed by atoms with Crippen molar-refractivity contribution in [2.24, 2.45) is 0 Å². The third-order valence-electron chi connectivity index (χ3n) is 10.8. The molecule has 0 radical (unpaired) electrons. The highest BCUT2D eigenvalue weighted by atomic mass is 16.3. The van der Waals surface area contributed by atoms with Gasteiger partial charge < -0.3 is 13.7 Å². The maximum atomic E-state index is 6.20. The minimum atomic E-state index is 0.894. The third kappa shape index (κ3) is 5.45. The molecule has 0 saturated carbocycles. The van der Waals surface area contributed by atoms with Crippen LogP contribution in [0.5, 0.6) is 0 Å². The summed E-state index contributed by atoms with van der Waals surface area (Å²) in [5.41, 5.74) is 13.9. The van der Waals surface area contributed by atoms with Gasteiger partial charge in [-0.25, -0.2) is 0 Å². The van der Waals surface area contributed by atoms with Gasteiger partial charge in [-0.1, -0.05) is 103 Å². The number of nitrogens with zero attached hydrogens (tertiary/aromatic N) is 1. The molecule has 0 amide bonds. The number of anilines is 3. The maximum Gasteiger partial charge on any atom is 0.135 e. The molecule has 0 aliphatic carbocycles. The summed E-state index contributed by atoms with van der Waals surface area (Å²) in [6, 6.07) is 71.2. The van der Waals surface area contributed by atoms with Crippen LogP contribution in [0.2, 0.25) is 0 Å². The van der Waals surface area contributed by atoms with E-state index in [0.717, 1.165) is 94.3 Å². The highest BCUT2D eigenvalue weighted by molar-refractivity contribution is 6.08. The SMILES string of the molecule is c1ccc(N(c2ccccc2)c2ccc3cc(-c4cc(-c5ccc6oc7ccccc7c6c5)cc(-c5ccc6oc7ccccc7c6c5)c4)ccc3c2)cc1. The predicted molar refractivity (Wildman–Crippen MR) is 229 cm³/mol. The smallest absolute Gasteiger partial charge is 0.135 e. The van der Waals surface area contributed by atoms with Gasteiger partial charge in [0.1, 0.15) is 22.3 Å². The summed E-state index contributed by atoms with van der Waals surface area (Å²) < 4.78 is 12.4. The Morgan fingerprint density at radius 1 is 0.255 bits per heavy atom. The molecule has 0 bridgehead atoms. The zero-order valence-corrected chi connectivity index (χ0v) is 29.8. The number of para-hydroxylation sites is 4. The lowest BCUT2D eigenvalue weighted by molar-refractivity contribution is 0.668. The van der Waals surface area contributed by atoms with Gasteiger partial charge in [-0.2, -0.15) is 0 Å². The second-order valence-electron chi connectivity index (χ2n) is 14.2. The first-order chi connectivity index (χ1) is 27.2. The third-order valence-corrected chi connectivity index (χ3v) is 10.8. The molecule has 258 valence electrons. The average molecular weight is 704 g/mol. The number of hydrogen-bond donors (Lipinski definition) is 0. The van der Waals surface area contributed by atoms with E-state index in [1.807, 2.05) is 24.3 Å². The standard InChI is InChI=1S/C52H33NO2/c1-3-11-42(12-4-1)53(43-13-5-2-6-14-43)44-24-21-34-27-35(19-20-36(34)31-44)39-28-40(37-22-25-51-47(32-37)45-15-7-9-17-49(45)54-51)30-41(29-39)38-23-26-52-48(33-38)46-16-8-10-18-50(46)55-52/h1-33H. The molecule has 9 aromatic carbocycles. The number of rotatable bonds is 6. The van der Waals surface area contributed by atoms with Crippen LogP contribution in [0.4, 0.5) is 17.1 Å². The Labute approximate surface area is 317 Å². The largest absolute Gasteiger partial charge is 0.456 e. The van der Waals surface area contributed by atoms with E-state index in [9.17, 15) is 0 Å². The van der Waals surface area contributed by atoms with Gasteiger partial charge in [0.25, 0.3) is 0 Å². The maximum absolute atomic E-state index is 6.20. The average Bonchev–Trinajstić information content (AvgIpc) is 3.82. The summed E-state index contributed by atoms with van der Waals surface area (Å²) in [5.74, 6) is 0. The van der Waals surface area contributed by atoms with Crippen molar-refractivity contribution < 1.29 is 8.83 Å². The highest BCUT2D eigenvalue weighted by Gasteiger charge is 2.15. The quantitative estimate of drug-likeness (QED) is 0.173. The Hall–Kier alpha value is -7.36. The fourth-order valence-corrected chi connectivity index (χ4v) is 8.09. The molecule has 3 nitrogen and oxygen atoms in total. The van der Waals surface area contributed by atoms with Crippen LogP contribution >= 0.6 is 0 Å². The molecule has 0 saturated heterocycles. The molecule has 11 rings (SSSR count). The Balaban J connectivity index is 1.06. The van der Waals surface area contributed by atoms with Crippen molar-refractivity contribution in [2.75, 3.05) is 4.90 Å². The van der Waals surface area contributed by atoms with Crippen molar-refractivity contribution in [3.05, 3.63) is 200 Å². The van der Waals surface area contributed by atoms with Crippen LogP contribution in [-0.4, -0.2) is 0 Å². The molecule has 0 fully saturated rings. The van der Waals surface area contributed by atoms with Crippen molar-refractivity contribution in [1.82, 2.24) is 0 Å². The number of fused-ring (bicyclic) bond motifs is 7. The van der Waals surface area contributed by atoms with E-state index < -0.39 is 0 Å². The molecule has 2 aromatic heterocycles. The van der Waals surface area contributed by atoms with E-state index in [1.165, 1.54) is 10.8 Å². The Morgan fingerprint density at radius 3 is 1.22 bits per heavy atom. The topological polar surface area (TPSA) is 29.5 Å². The molecule has 0 unspecified atom stereocenters. The molecule has 3 heteroatoms.